The summed E-state index contributed by atoms with van der Waals surface area (Å²) in [5.41, 5.74) is 5.58. The summed E-state index contributed by atoms with van der Waals surface area (Å²) >= 11 is 8.12. The summed E-state index contributed by atoms with van der Waals surface area (Å²) in [4.78, 5) is 17.4. The molecule has 2 aromatic carbocycles. The van der Waals surface area contributed by atoms with Gasteiger partial charge in [-0.25, -0.2) is 4.79 Å². The Bertz CT molecular complexity index is 1390. The second-order valence-corrected chi connectivity index (χ2v) is 10.8. The predicted molar refractivity (Wildman–Crippen MR) is 146 cm³/mol. The Hall–Kier alpha value is -3.22. The summed E-state index contributed by atoms with van der Waals surface area (Å²) in [6, 6.07) is 19.2. The Labute approximate surface area is 220 Å². The van der Waals surface area contributed by atoms with Gasteiger partial charge >= 0.3 is 6.03 Å². The van der Waals surface area contributed by atoms with Crippen LogP contribution in [0.1, 0.15) is 53.1 Å². The van der Waals surface area contributed by atoms with E-state index in [1.807, 2.05) is 71.7 Å². The minimum absolute atomic E-state index is 0.129. The molecule has 0 bridgehead atoms. The van der Waals surface area contributed by atoms with Crippen LogP contribution in [-0.4, -0.2) is 22.1 Å². The number of carbonyl (C=O) groups excluding carboxylic acids is 1. The van der Waals surface area contributed by atoms with Gasteiger partial charge in [-0.2, -0.15) is 0 Å². The monoisotopic (exact) mass is 517 g/mol. The second-order valence-electron chi connectivity index (χ2n) is 9.27. The molecule has 0 radical (unpaired) electrons. The van der Waals surface area contributed by atoms with Crippen LogP contribution in [0.25, 0.3) is 5.00 Å². The van der Waals surface area contributed by atoms with E-state index in [0.717, 1.165) is 35.5 Å². The zero-order valence-corrected chi connectivity index (χ0v) is 21.7. The van der Waals surface area contributed by atoms with Crippen LogP contribution in [0.4, 0.5) is 10.5 Å². The SMILES string of the molecule is CCOc1ccc(NC(=O)N2Cc3c(sc4c3CCCC4)-n3cccc3[C@@H]2c2ccc(Cl)cc2)cc1. The van der Waals surface area contributed by atoms with Crippen molar-refractivity contribution in [3.05, 3.63) is 99.1 Å². The molecule has 1 aliphatic heterocycles. The van der Waals surface area contributed by atoms with Crippen LogP contribution in [0.5, 0.6) is 5.75 Å². The van der Waals surface area contributed by atoms with Crippen molar-refractivity contribution >= 4 is 34.7 Å². The van der Waals surface area contributed by atoms with Gasteiger partial charge in [0.25, 0.3) is 0 Å². The van der Waals surface area contributed by atoms with Crippen molar-refractivity contribution in [2.24, 2.45) is 0 Å². The van der Waals surface area contributed by atoms with Gasteiger partial charge in [-0.1, -0.05) is 23.7 Å². The first-order valence-corrected chi connectivity index (χ1v) is 13.7. The highest BCUT2D eigenvalue weighted by atomic mass is 35.5. The number of rotatable bonds is 4. The number of nitrogens with one attached hydrogen (secondary N) is 1. The van der Waals surface area contributed by atoms with Gasteiger partial charge in [0.2, 0.25) is 0 Å². The van der Waals surface area contributed by atoms with Crippen molar-refractivity contribution in [2.45, 2.75) is 45.2 Å². The number of fused-ring (bicyclic) bond motifs is 5. The average Bonchev–Trinajstić information content (AvgIpc) is 3.48. The molecule has 5 nitrogen and oxygen atoms in total. The average molecular weight is 518 g/mol. The number of ether oxygens (including phenoxy) is 1. The Morgan fingerprint density at radius 1 is 1.06 bits per heavy atom. The van der Waals surface area contributed by atoms with Crippen molar-refractivity contribution < 1.29 is 9.53 Å². The zero-order chi connectivity index (χ0) is 24.6. The minimum atomic E-state index is -0.251. The van der Waals surface area contributed by atoms with Gasteiger partial charge in [0.1, 0.15) is 10.8 Å². The van der Waals surface area contributed by atoms with Crippen LogP contribution in [0.2, 0.25) is 5.02 Å². The molecule has 3 heterocycles. The van der Waals surface area contributed by atoms with Crippen LogP contribution < -0.4 is 10.1 Å². The standard InChI is InChI=1S/C29H28ClN3O2S/c1-2-35-22-15-13-21(14-16-22)31-29(34)33-18-24-23-6-3-4-8-26(23)36-28(24)32-17-5-7-25(32)27(33)19-9-11-20(30)12-10-19/h5,7,9-17,27H,2-4,6,8,18H2,1H3,(H,31,34)/t27-/m0/s1. The normalized spacial score (nSPS) is 16.5. The molecule has 1 N–H and O–H groups in total. The number of anilines is 1. The van der Waals surface area contributed by atoms with Crippen LogP contribution in [0, 0.1) is 0 Å². The third-order valence-electron chi connectivity index (χ3n) is 7.04. The molecule has 0 saturated carbocycles. The van der Waals surface area contributed by atoms with E-state index in [9.17, 15) is 4.79 Å². The second kappa shape index (κ2) is 9.68. The maximum absolute atomic E-state index is 14.0. The third kappa shape index (κ3) is 4.18. The van der Waals surface area contributed by atoms with E-state index in [4.69, 9.17) is 16.3 Å². The molecule has 0 fully saturated rings. The van der Waals surface area contributed by atoms with E-state index in [1.54, 1.807) is 0 Å². The van der Waals surface area contributed by atoms with E-state index in [1.165, 1.54) is 33.8 Å². The van der Waals surface area contributed by atoms with Crippen molar-refractivity contribution in [1.82, 2.24) is 9.47 Å². The zero-order valence-electron chi connectivity index (χ0n) is 20.2. The minimum Gasteiger partial charge on any atom is -0.494 e. The van der Waals surface area contributed by atoms with Gasteiger partial charge in [0.15, 0.2) is 0 Å². The first-order chi connectivity index (χ1) is 17.6. The number of carbonyl (C=O) groups is 1. The summed E-state index contributed by atoms with van der Waals surface area (Å²) in [5.74, 6) is 0.789. The number of hydrogen-bond acceptors (Lipinski definition) is 3. The molecule has 184 valence electrons. The highest BCUT2D eigenvalue weighted by Gasteiger charge is 2.36. The largest absolute Gasteiger partial charge is 0.494 e. The Balaban J connectivity index is 1.43. The number of aryl methyl sites for hydroxylation is 1. The number of amides is 2. The van der Waals surface area contributed by atoms with Crippen LogP contribution in [0.3, 0.4) is 0 Å². The van der Waals surface area contributed by atoms with Gasteiger partial charge in [-0.05, 0) is 92.3 Å². The van der Waals surface area contributed by atoms with Crippen molar-refractivity contribution in [3.63, 3.8) is 0 Å². The summed E-state index contributed by atoms with van der Waals surface area (Å²) in [6.07, 6.45) is 6.78. The fourth-order valence-electron chi connectivity index (χ4n) is 5.38. The summed E-state index contributed by atoms with van der Waals surface area (Å²) in [5, 5.41) is 5.07. The molecule has 6 rings (SSSR count). The molecule has 2 amide bonds. The van der Waals surface area contributed by atoms with Crippen molar-refractivity contribution in [2.75, 3.05) is 11.9 Å². The maximum atomic E-state index is 14.0. The van der Waals surface area contributed by atoms with E-state index >= 15 is 0 Å². The van der Waals surface area contributed by atoms with E-state index in [2.05, 4.69) is 28.2 Å². The number of halogens is 1. The molecule has 0 saturated heterocycles. The molecule has 0 spiro atoms. The third-order valence-corrected chi connectivity index (χ3v) is 8.63. The molecule has 1 aliphatic carbocycles. The molecule has 7 heteroatoms. The van der Waals surface area contributed by atoms with Crippen LogP contribution in [-0.2, 0) is 19.4 Å². The Morgan fingerprint density at radius 3 is 2.61 bits per heavy atom. The molecule has 2 aromatic heterocycles. The van der Waals surface area contributed by atoms with Crippen LogP contribution >= 0.6 is 22.9 Å². The Morgan fingerprint density at radius 2 is 1.83 bits per heavy atom. The number of urea groups is 1. The highest BCUT2D eigenvalue weighted by molar-refractivity contribution is 7.15. The van der Waals surface area contributed by atoms with Gasteiger partial charge < -0.3 is 19.5 Å². The molecule has 0 unspecified atom stereocenters. The quantitative estimate of drug-likeness (QED) is 0.303. The van der Waals surface area contributed by atoms with Gasteiger partial charge in [0, 0.05) is 27.3 Å². The molecule has 2 aliphatic rings. The van der Waals surface area contributed by atoms with E-state index in [-0.39, 0.29) is 12.1 Å². The van der Waals surface area contributed by atoms with Crippen LogP contribution in [0.15, 0.2) is 66.9 Å². The highest BCUT2D eigenvalue weighted by Crippen LogP contribution is 2.44. The molecule has 4 aromatic rings. The van der Waals surface area contributed by atoms with Gasteiger partial charge in [-0.3, -0.25) is 0 Å². The summed E-state index contributed by atoms with van der Waals surface area (Å²) in [6.45, 7) is 3.12. The van der Waals surface area contributed by atoms with Crippen molar-refractivity contribution in [1.29, 1.82) is 0 Å². The summed E-state index contributed by atoms with van der Waals surface area (Å²) < 4.78 is 7.85. The lowest BCUT2D eigenvalue weighted by Crippen LogP contribution is -2.38. The van der Waals surface area contributed by atoms with E-state index < -0.39 is 0 Å². The predicted octanol–water partition coefficient (Wildman–Crippen LogP) is 7.61. The maximum Gasteiger partial charge on any atom is 0.322 e. The summed E-state index contributed by atoms with van der Waals surface area (Å²) in [7, 11) is 0. The van der Waals surface area contributed by atoms with Crippen molar-refractivity contribution in [3.8, 4) is 10.8 Å². The number of thiophene rings is 1. The lowest BCUT2D eigenvalue weighted by molar-refractivity contribution is 0.194. The Kier molecular flexibility index (Phi) is 6.23. The van der Waals surface area contributed by atoms with Gasteiger partial charge in [0.05, 0.1) is 24.9 Å². The number of nitrogens with zero attached hydrogens (tertiary/aromatic N) is 2. The molecular formula is C29H28ClN3O2S. The molecule has 36 heavy (non-hydrogen) atoms. The lowest BCUT2D eigenvalue weighted by Gasteiger charge is -2.31. The topological polar surface area (TPSA) is 46.5 Å². The van der Waals surface area contributed by atoms with Gasteiger partial charge in [-0.15, -0.1) is 11.3 Å². The fraction of sp³-hybridized carbons (Fsp3) is 0.276. The lowest BCUT2D eigenvalue weighted by atomic mass is 9.95. The molecule has 1 atom stereocenters. The number of hydrogen-bond donors (Lipinski definition) is 1. The smallest absolute Gasteiger partial charge is 0.322 e. The van der Waals surface area contributed by atoms with E-state index in [0.29, 0.717) is 18.2 Å². The molecular weight excluding hydrogens is 490 g/mol. The first kappa shape index (κ1) is 23.2. The number of aromatic nitrogens is 1. The fourth-order valence-corrected chi connectivity index (χ4v) is 6.91. The first-order valence-electron chi connectivity index (χ1n) is 12.5. The number of benzene rings is 2.